The van der Waals surface area contributed by atoms with Crippen LogP contribution in [0.4, 0.5) is 0 Å². The number of aldehydes is 1. The fraction of sp³-hybridized carbons (Fsp3) is 0.909. The Morgan fingerprint density at radius 2 is 2.00 bits per heavy atom. The van der Waals surface area contributed by atoms with E-state index in [9.17, 15) is 4.79 Å². The molecule has 0 aromatic rings. The van der Waals surface area contributed by atoms with Crippen molar-refractivity contribution in [3.63, 3.8) is 0 Å². The Morgan fingerprint density at radius 3 is 2.25 bits per heavy atom. The minimum Gasteiger partial charge on any atom is -0.303 e. The molecule has 2 rings (SSSR count). The Bertz CT molecular complexity index is 219. The Kier molecular flexibility index (Phi) is 1.47. The van der Waals surface area contributed by atoms with Gasteiger partial charge in [0.05, 0.1) is 0 Å². The number of rotatable bonds is 3. The predicted octanol–water partition coefficient (Wildman–Crippen LogP) is 2.65. The van der Waals surface area contributed by atoms with Crippen molar-refractivity contribution in [1.29, 1.82) is 0 Å². The lowest BCUT2D eigenvalue weighted by molar-refractivity contribution is -0.113. The molecule has 0 aromatic carbocycles. The maximum Gasteiger partial charge on any atom is 0.126 e. The summed E-state index contributed by atoms with van der Waals surface area (Å²) >= 11 is 0. The summed E-state index contributed by atoms with van der Waals surface area (Å²) in [5.74, 6) is 1.75. The highest BCUT2D eigenvalue weighted by Gasteiger charge is 2.62. The molecule has 0 aliphatic heterocycles. The molecule has 0 spiro atoms. The summed E-state index contributed by atoms with van der Waals surface area (Å²) in [5.41, 5.74) is 0.374. The Hall–Kier alpha value is -0.330. The molecule has 3 atom stereocenters. The van der Waals surface area contributed by atoms with Crippen LogP contribution in [0.5, 0.6) is 0 Å². The SMILES string of the molecule is CC1CC1CC1(C=O)CC1(C)C. The highest BCUT2D eigenvalue weighted by atomic mass is 16.1. The van der Waals surface area contributed by atoms with Crippen molar-refractivity contribution in [2.75, 3.05) is 0 Å². The maximum absolute atomic E-state index is 11.0. The molecule has 1 heteroatoms. The fourth-order valence-electron chi connectivity index (χ4n) is 2.49. The molecular formula is C11H18O. The van der Waals surface area contributed by atoms with Crippen molar-refractivity contribution >= 4 is 6.29 Å². The smallest absolute Gasteiger partial charge is 0.126 e. The normalized spacial score (nSPS) is 48.6. The van der Waals surface area contributed by atoms with E-state index in [1.807, 2.05) is 0 Å². The molecule has 2 aliphatic rings. The van der Waals surface area contributed by atoms with Crippen molar-refractivity contribution < 1.29 is 4.79 Å². The van der Waals surface area contributed by atoms with Crippen LogP contribution >= 0.6 is 0 Å². The van der Waals surface area contributed by atoms with E-state index < -0.39 is 0 Å². The first-order valence-corrected chi connectivity index (χ1v) is 4.97. The zero-order valence-electron chi connectivity index (χ0n) is 8.26. The second-order valence-corrected chi connectivity index (χ2v) is 5.51. The lowest BCUT2D eigenvalue weighted by Gasteiger charge is -2.12. The van der Waals surface area contributed by atoms with Crippen LogP contribution in [-0.2, 0) is 4.79 Å². The molecule has 0 aromatic heterocycles. The Labute approximate surface area is 74.5 Å². The first-order valence-electron chi connectivity index (χ1n) is 4.97. The van der Waals surface area contributed by atoms with Crippen molar-refractivity contribution in [3.8, 4) is 0 Å². The summed E-state index contributed by atoms with van der Waals surface area (Å²) in [6.07, 6.45) is 4.85. The van der Waals surface area contributed by atoms with Crippen molar-refractivity contribution in [2.45, 2.75) is 40.0 Å². The van der Waals surface area contributed by atoms with Crippen molar-refractivity contribution in [1.82, 2.24) is 0 Å². The predicted molar refractivity (Wildman–Crippen MR) is 48.8 cm³/mol. The minimum absolute atomic E-state index is 0.0719. The third-order valence-corrected chi connectivity index (χ3v) is 4.11. The van der Waals surface area contributed by atoms with Crippen LogP contribution < -0.4 is 0 Å². The van der Waals surface area contributed by atoms with Crippen molar-refractivity contribution in [2.24, 2.45) is 22.7 Å². The summed E-state index contributed by atoms with van der Waals surface area (Å²) in [6.45, 7) is 6.72. The summed E-state index contributed by atoms with van der Waals surface area (Å²) < 4.78 is 0. The van der Waals surface area contributed by atoms with Crippen LogP contribution in [0.3, 0.4) is 0 Å². The van der Waals surface area contributed by atoms with E-state index in [0.29, 0.717) is 5.41 Å². The molecule has 2 fully saturated rings. The summed E-state index contributed by atoms with van der Waals surface area (Å²) in [5, 5.41) is 0. The number of hydrogen-bond acceptors (Lipinski definition) is 1. The lowest BCUT2D eigenvalue weighted by Crippen LogP contribution is -2.11. The van der Waals surface area contributed by atoms with Crippen LogP contribution in [0.15, 0.2) is 0 Å². The third kappa shape index (κ3) is 1.02. The molecule has 0 bridgehead atoms. The highest BCUT2D eigenvalue weighted by molar-refractivity contribution is 5.66. The molecule has 3 unspecified atom stereocenters. The molecule has 2 saturated carbocycles. The number of carbonyl (C=O) groups is 1. The largest absolute Gasteiger partial charge is 0.303 e. The maximum atomic E-state index is 11.0. The first kappa shape index (κ1) is 8.28. The minimum atomic E-state index is 0.0719. The molecule has 0 saturated heterocycles. The quantitative estimate of drug-likeness (QED) is 0.589. The zero-order valence-corrected chi connectivity index (χ0v) is 8.26. The molecule has 12 heavy (non-hydrogen) atoms. The van der Waals surface area contributed by atoms with Crippen LogP contribution in [0.1, 0.15) is 40.0 Å². The molecule has 0 heterocycles. The number of hydrogen-bond donors (Lipinski definition) is 0. The second kappa shape index (κ2) is 2.12. The van der Waals surface area contributed by atoms with Crippen LogP contribution in [0.25, 0.3) is 0 Å². The molecule has 1 nitrogen and oxygen atoms in total. The van der Waals surface area contributed by atoms with Gasteiger partial charge in [-0.15, -0.1) is 0 Å². The van der Waals surface area contributed by atoms with Gasteiger partial charge in [0.15, 0.2) is 0 Å². The van der Waals surface area contributed by atoms with E-state index in [0.717, 1.165) is 24.7 Å². The van der Waals surface area contributed by atoms with Gasteiger partial charge < -0.3 is 4.79 Å². The third-order valence-electron chi connectivity index (χ3n) is 4.11. The fourth-order valence-corrected chi connectivity index (χ4v) is 2.49. The van der Waals surface area contributed by atoms with Crippen molar-refractivity contribution in [3.05, 3.63) is 0 Å². The van der Waals surface area contributed by atoms with Crippen LogP contribution in [0, 0.1) is 22.7 Å². The zero-order chi connectivity index (χ0) is 8.98. The van der Waals surface area contributed by atoms with Crippen LogP contribution in [0.2, 0.25) is 0 Å². The van der Waals surface area contributed by atoms with Gasteiger partial charge in [0.1, 0.15) is 6.29 Å². The molecule has 0 N–H and O–H groups in total. The van der Waals surface area contributed by atoms with E-state index in [1.54, 1.807) is 0 Å². The molecular weight excluding hydrogens is 148 g/mol. The van der Waals surface area contributed by atoms with Gasteiger partial charge in [-0.25, -0.2) is 0 Å². The van der Waals surface area contributed by atoms with Gasteiger partial charge in [0.25, 0.3) is 0 Å². The standard InChI is InChI=1S/C11H18O/c1-8-4-9(8)5-11(7-12)6-10(11,2)3/h7-9H,4-6H2,1-3H3. The monoisotopic (exact) mass is 166 g/mol. The molecule has 68 valence electrons. The Morgan fingerprint density at radius 1 is 1.50 bits per heavy atom. The summed E-state index contributed by atoms with van der Waals surface area (Å²) in [4.78, 5) is 11.0. The van der Waals surface area contributed by atoms with E-state index in [4.69, 9.17) is 0 Å². The van der Waals surface area contributed by atoms with E-state index >= 15 is 0 Å². The molecule has 0 amide bonds. The van der Waals surface area contributed by atoms with Gasteiger partial charge in [-0.3, -0.25) is 0 Å². The summed E-state index contributed by atoms with van der Waals surface area (Å²) in [7, 11) is 0. The molecule has 2 aliphatic carbocycles. The second-order valence-electron chi connectivity index (χ2n) is 5.51. The van der Waals surface area contributed by atoms with Gasteiger partial charge in [0.2, 0.25) is 0 Å². The summed E-state index contributed by atoms with van der Waals surface area (Å²) in [6, 6.07) is 0. The average molecular weight is 166 g/mol. The van der Waals surface area contributed by atoms with Gasteiger partial charge in [-0.2, -0.15) is 0 Å². The van der Waals surface area contributed by atoms with Gasteiger partial charge in [-0.05, 0) is 36.5 Å². The Balaban J connectivity index is 1.98. The first-order chi connectivity index (χ1) is 5.51. The van der Waals surface area contributed by atoms with Crippen LogP contribution in [-0.4, -0.2) is 6.29 Å². The van der Waals surface area contributed by atoms with E-state index in [1.165, 1.54) is 12.7 Å². The number of carbonyl (C=O) groups excluding carboxylic acids is 1. The van der Waals surface area contributed by atoms with E-state index in [-0.39, 0.29) is 5.41 Å². The highest BCUT2D eigenvalue weighted by Crippen LogP contribution is 2.67. The van der Waals surface area contributed by atoms with Gasteiger partial charge in [-0.1, -0.05) is 20.8 Å². The van der Waals surface area contributed by atoms with Gasteiger partial charge in [0, 0.05) is 5.41 Å². The average Bonchev–Trinajstić information content (AvgIpc) is 2.77. The molecule has 0 radical (unpaired) electrons. The topological polar surface area (TPSA) is 17.1 Å². The lowest BCUT2D eigenvalue weighted by atomic mass is 9.91. The van der Waals surface area contributed by atoms with Gasteiger partial charge >= 0.3 is 0 Å². The van der Waals surface area contributed by atoms with E-state index in [2.05, 4.69) is 20.8 Å².